The number of ether oxygens (including phenoxy) is 1. The van der Waals surface area contributed by atoms with Crippen LogP contribution in [0.25, 0.3) is 0 Å². The minimum absolute atomic E-state index is 0.00131. The maximum absolute atomic E-state index is 11.5. The van der Waals surface area contributed by atoms with Crippen molar-refractivity contribution in [3.8, 4) is 11.5 Å². The van der Waals surface area contributed by atoms with E-state index < -0.39 is 24.7 Å². The number of nitrogens with two attached hydrogens (primary N) is 1. The average Bonchev–Trinajstić information content (AvgIpc) is 2.59. The highest BCUT2D eigenvalue weighted by molar-refractivity contribution is 5.81. The van der Waals surface area contributed by atoms with Crippen LogP contribution in [-0.2, 0) is 4.79 Å². The van der Waals surface area contributed by atoms with Gasteiger partial charge in [-0.15, -0.1) is 0 Å². The zero-order valence-corrected chi connectivity index (χ0v) is 12.6. The van der Waals surface area contributed by atoms with Crippen molar-refractivity contribution in [2.24, 2.45) is 5.73 Å². The number of nitrogens with one attached hydrogen (secondary N) is 1. The number of carbonyl (C=O) groups is 1. The zero-order valence-electron chi connectivity index (χ0n) is 12.6. The third kappa shape index (κ3) is 5.07. The van der Waals surface area contributed by atoms with Crippen LogP contribution in [0.1, 0.15) is 11.7 Å². The number of hydrogen-bond acceptors (Lipinski definition) is 5. The quantitative estimate of drug-likeness (QED) is 0.609. The van der Waals surface area contributed by atoms with Gasteiger partial charge in [-0.2, -0.15) is 0 Å². The Bertz CT molecular complexity index is 634. The van der Waals surface area contributed by atoms with Crippen molar-refractivity contribution < 1.29 is 19.7 Å². The minimum Gasteiger partial charge on any atom is -0.457 e. The third-order valence-corrected chi connectivity index (χ3v) is 3.22. The van der Waals surface area contributed by atoms with Gasteiger partial charge in [-0.1, -0.05) is 30.3 Å². The van der Waals surface area contributed by atoms with Crippen LogP contribution < -0.4 is 15.8 Å². The summed E-state index contributed by atoms with van der Waals surface area (Å²) in [7, 11) is 0. The Kier molecular flexibility index (Phi) is 6.10. The zero-order chi connectivity index (χ0) is 16.7. The van der Waals surface area contributed by atoms with Gasteiger partial charge in [0, 0.05) is 6.54 Å². The molecule has 122 valence electrons. The first-order valence-corrected chi connectivity index (χ1v) is 7.25. The van der Waals surface area contributed by atoms with Crippen LogP contribution in [0.4, 0.5) is 0 Å². The molecule has 0 saturated carbocycles. The summed E-state index contributed by atoms with van der Waals surface area (Å²) in [6, 6.07) is 15.3. The summed E-state index contributed by atoms with van der Waals surface area (Å²) in [4.78, 5) is 11.5. The van der Waals surface area contributed by atoms with Gasteiger partial charge >= 0.3 is 0 Å². The van der Waals surface area contributed by atoms with Crippen molar-refractivity contribution in [2.45, 2.75) is 12.1 Å². The smallest absolute Gasteiger partial charge is 0.239 e. The summed E-state index contributed by atoms with van der Waals surface area (Å²) < 4.78 is 5.70. The number of hydrogen-bond donors (Lipinski definition) is 4. The molecular weight excluding hydrogens is 296 g/mol. The fraction of sp³-hybridized carbons (Fsp3) is 0.235. The fourth-order valence-corrected chi connectivity index (χ4v) is 1.94. The average molecular weight is 316 g/mol. The molecule has 0 saturated heterocycles. The van der Waals surface area contributed by atoms with Crippen molar-refractivity contribution in [3.63, 3.8) is 0 Å². The number of benzene rings is 2. The summed E-state index contributed by atoms with van der Waals surface area (Å²) in [6.45, 7) is -0.441. The molecule has 2 atom stereocenters. The molecule has 0 aliphatic rings. The number of aliphatic hydroxyl groups excluding tert-OH is 2. The van der Waals surface area contributed by atoms with Crippen LogP contribution >= 0.6 is 0 Å². The first-order valence-electron chi connectivity index (χ1n) is 7.25. The van der Waals surface area contributed by atoms with Crippen LogP contribution in [0.3, 0.4) is 0 Å². The van der Waals surface area contributed by atoms with Gasteiger partial charge in [0.2, 0.25) is 5.91 Å². The number of amides is 1. The summed E-state index contributed by atoms with van der Waals surface area (Å²) in [5, 5.41) is 21.4. The lowest BCUT2D eigenvalue weighted by Gasteiger charge is -2.15. The van der Waals surface area contributed by atoms with Crippen molar-refractivity contribution in [1.82, 2.24) is 5.32 Å². The second-order valence-corrected chi connectivity index (χ2v) is 5.04. The van der Waals surface area contributed by atoms with E-state index in [2.05, 4.69) is 5.32 Å². The number of carbonyl (C=O) groups excluding carboxylic acids is 1. The topological polar surface area (TPSA) is 105 Å². The number of para-hydroxylation sites is 1. The van der Waals surface area contributed by atoms with Crippen LogP contribution in [0.5, 0.6) is 11.5 Å². The Labute approximate surface area is 134 Å². The van der Waals surface area contributed by atoms with Crippen molar-refractivity contribution in [2.75, 3.05) is 13.2 Å². The number of rotatable bonds is 7. The largest absolute Gasteiger partial charge is 0.457 e. The molecule has 23 heavy (non-hydrogen) atoms. The summed E-state index contributed by atoms with van der Waals surface area (Å²) in [5.41, 5.74) is 6.00. The SMILES string of the molecule is N[C@H](CO)C(=O)NCC(O)c1cccc(Oc2ccccc2)c1. The molecule has 0 bridgehead atoms. The monoisotopic (exact) mass is 316 g/mol. The van der Waals surface area contributed by atoms with E-state index in [1.807, 2.05) is 30.3 Å². The maximum Gasteiger partial charge on any atom is 0.239 e. The van der Waals surface area contributed by atoms with Gasteiger partial charge in [-0.05, 0) is 29.8 Å². The standard InChI is InChI=1S/C17H20N2O4/c18-15(11-20)17(22)19-10-16(21)12-5-4-8-14(9-12)23-13-6-2-1-3-7-13/h1-9,15-16,20-21H,10-11,18H2,(H,19,22)/t15-,16?/m1/s1. The van der Waals surface area contributed by atoms with Gasteiger partial charge in [0.15, 0.2) is 0 Å². The summed E-state index contributed by atoms with van der Waals surface area (Å²) >= 11 is 0. The van der Waals surface area contributed by atoms with Gasteiger partial charge in [-0.25, -0.2) is 0 Å². The molecule has 6 nitrogen and oxygen atoms in total. The Morgan fingerprint density at radius 1 is 1.13 bits per heavy atom. The van der Waals surface area contributed by atoms with E-state index in [4.69, 9.17) is 15.6 Å². The Balaban J connectivity index is 1.97. The Morgan fingerprint density at radius 3 is 2.52 bits per heavy atom. The second-order valence-electron chi connectivity index (χ2n) is 5.04. The highest BCUT2D eigenvalue weighted by Gasteiger charge is 2.15. The molecule has 1 unspecified atom stereocenters. The lowest BCUT2D eigenvalue weighted by Crippen LogP contribution is -2.44. The lowest BCUT2D eigenvalue weighted by atomic mass is 10.1. The molecule has 0 radical (unpaired) electrons. The molecule has 5 N–H and O–H groups in total. The van der Waals surface area contributed by atoms with E-state index >= 15 is 0 Å². The van der Waals surface area contributed by atoms with E-state index in [1.54, 1.807) is 24.3 Å². The van der Waals surface area contributed by atoms with Gasteiger partial charge in [0.05, 0.1) is 12.7 Å². The molecule has 2 rings (SSSR count). The molecule has 0 aliphatic heterocycles. The second kappa shape index (κ2) is 8.28. The van der Waals surface area contributed by atoms with Crippen molar-refractivity contribution >= 4 is 5.91 Å². The van der Waals surface area contributed by atoms with E-state index in [-0.39, 0.29) is 6.54 Å². The molecule has 0 aromatic heterocycles. The lowest BCUT2D eigenvalue weighted by molar-refractivity contribution is -0.123. The predicted molar refractivity (Wildman–Crippen MR) is 86.0 cm³/mol. The first kappa shape index (κ1) is 17.0. The first-order chi connectivity index (χ1) is 11.1. The summed E-state index contributed by atoms with van der Waals surface area (Å²) in [6.07, 6.45) is -0.899. The van der Waals surface area contributed by atoms with Crippen molar-refractivity contribution in [3.05, 3.63) is 60.2 Å². The van der Waals surface area contributed by atoms with Crippen LogP contribution in [0.2, 0.25) is 0 Å². The van der Waals surface area contributed by atoms with Crippen LogP contribution in [0.15, 0.2) is 54.6 Å². The van der Waals surface area contributed by atoms with E-state index in [0.29, 0.717) is 17.1 Å². The summed E-state index contributed by atoms with van der Waals surface area (Å²) in [5.74, 6) is 0.774. The Morgan fingerprint density at radius 2 is 1.83 bits per heavy atom. The molecule has 0 spiro atoms. The minimum atomic E-state index is -0.991. The van der Waals surface area contributed by atoms with Crippen LogP contribution in [-0.4, -0.2) is 35.3 Å². The van der Waals surface area contributed by atoms with Crippen molar-refractivity contribution in [1.29, 1.82) is 0 Å². The highest BCUT2D eigenvalue weighted by Crippen LogP contribution is 2.24. The molecule has 2 aromatic carbocycles. The van der Waals surface area contributed by atoms with Gasteiger partial charge in [0.25, 0.3) is 0 Å². The normalized spacial score (nSPS) is 13.2. The molecule has 1 amide bonds. The number of aliphatic hydroxyl groups is 2. The van der Waals surface area contributed by atoms with E-state index in [9.17, 15) is 9.90 Å². The predicted octanol–water partition coefficient (Wildman–Crippen LogP) is 0.948. The molecular formula is C17H20N2O4. The molecule has 0 heterocycles. The fourth-order valence-electron chi connectivity index (χ4n) is 1.94. The van der Waals surface area contributed by atoms with E-state index in [1.165, 1.54) is 0 Å². The molecule has 6 heteroatoms. The Hall–Kier alpha value is -2.41. The van der Waals surface area contributed by atoms with Gasteiger partial charge < -0.3 is 26.0 Å². The van der Waals surface area contributed by atoms with Gasteiger partial charge in [0.1, 0.15) is 17.5 Å². The van der Waals surface area contributed by atoms with Crippen LogP contribution in [0, 0.1) is 0 Å². The highest BCUT2D eigenvalue weighted by atomic mass is 16.5. The third-order valence-electron chi connectivity index (χ3n) is 3.22. The van der Waals surface area contributed by atoms with E-state index in [0.717, 1.165) is 0 Å². The molecule has 2 aromatic rings. The molecule has 0 aliphatic carbocycles. The maximum atomic E-state index is 11.5. The molecule has 0 fully saturated rings. The van der Waals surface area contributed by atoms with Gasteiger partial charge in [-0.3, -0.25) is 4.79 Å².